The largest absolute Gasteiger partial charge is 0.489 e. The van der Waals surface area contributed by atoms with E-state index < -0.39 is 60.0 Å². The SMILES string of the molecule is CN1CC/C=C/[C@H](O)[C@@H]2CC[C@H]2CN2C[C@@]3(CCCc4cc(Cl)ccc43)COc3ccc(nc32)[C@@](O)(C(=O)O)CC1=O.CN1CC/C=C/[C@H](O)[C@@H]2CC[C@H]2CN2C[C@@]3(CCCc4cc(Cl)ccc43)COc3ccc(nc32)[C@](O)(C(=O)O)CC1=O. The van der Waals surface area contributed by atoms with E-state index in [2.05, 4.69) is 21.9 Å². The Hall–Kier alpha value is -6.28. The Morgan fingerprint density at radius 3 is 1.40 bits per heavy atom. The number of benzene rings is 2. The lowest BCUT2D eigenvalue weighted by molar-refractivity contribution is -0.165. The van der Waals surface area contributed by atoms with E-state index in [9.17, 15) is 49.8 Å². The highest BCUT2D eigenvalue weighted by Crippen LogP contribution is 2.49. The van der Waals surface area contributed by atoms with Crippen molar-refractivity contribution in [2.75, 3.05) is 76.4 Å². The molecule has 448 valence electrons. The molecule has 18 nitrogen and oxygen atoms in total. The third kappa shape index (κ3) is 11.5. The number of carboxylic acid groups (broad SMARTS) is 2. The van der Waals surface area contributed by atoms with Crippen LogP contribution in [0.2, 0.25) is 10.0 Å². The zero-order valence-corrected chi connectivity index (χ0v) is 49.2. The number of nitrogens with zero attached hydrogens (tertiary/aromatic N) is 6. The van der Waals surface area contributed by atoms with Crippen molar-refractivity contribution in [1.82, 2.24) is 19.8 Å². The van der Waals surface area contributed by atoms with Crippen LogP contribution in [-0.2, 0) is 54.1 Å². The first-order chi connectivity index (χ1) is 40.2. The number of ether oxygens (including phenoxy) is 2. The lowest BCUT2D eigenvalue weighted by Crippen LogP contribution is -2.50. The molecule has 2 aromatic carbocycles. The minimum absolute atomic E-state index is 0.0775. The van der Waals surface area contributed by atoms with E-state index in [0.717, 1.165) is 64.2 Å². The molecule has 4 aromatic rings. The number of carbonyl (C=O) groups is 4. The summed E-state index contributed by atoms with van der Waals surface area (Å²) in [6.45, 7) is 3.84. The van der Waals surface area contributed by atoms with Crippen LogP contribution in [0.4, 0.5) is 11.6 Å². The fraction of sp³-hybridized carbons (Fsp3) is 0.531. The van der Waals surface area contributed by atoms with Crippen molar-refractivity contribution in [3.8, 4) is 11.5 Å². The molecule has 6 heterocycles. The maximum atomic E-state index is 13.0. The zero-order valence-electron chi connectivity index (χ0n) is 47.7. The summed E-state index contributed by atoms with van der Waals surface area (Å²) in [6, 6.07) is 18.3. The number of aryl methyl sites for hydroxylation is 2. The summed E-state index contributed by atoms with van der Waals surface area (Å²) in [7, 11) is 3.16. The topological polar surface area (TPSA) is 247 Å². The standard InChI is InChI=1S/2C32H38ClN3O6/c2*1-35-14-3-2-6-25(37)23-9-7-21(23)17-36-18-31(13-4-5-20-15-22(33)8-10-24(20)31)19-42-26-11-12-27(34-29(26)36)32(41,30(39)40)16-28(35)38/h2*2,6,8,10-12,15,21,23,25,37,41H,3-5,7,9,13-14,16-19H2,1H3,(H,39,40)/b2*6-2+/t21-,23+,25-,31-,32+;21-,23+,25-,31-,32-/m00/s1. The predicted octanol–water partition coefficient (Wildman–Crippen LogP) is 7.35. The number of fused-ring (bicyclic) bond motifs is 8. The van der Waals surface area contributed by atoms with Gasteiger partial charge in [-0.25, -0.2) is 19.6 Å². The maximum absolute atomic E-state index is 13.0. The number of anilines is 2. The van der Waals surface area contributed by atoms with Crippen LogP contribution in [0.15, 0.2) is 85.0 Å². The van der Waals surface area contributed by atoms with Crippen LogP contribution < -0.4 is 19.3 Å². The summed E-state index contributed by atoms with van der Waals surface area (Å²) in [4.78, 5) is 67.7. The van der Waals surface area contributed by atoms with Gasteiger partial charge in [0.1, 0.15) is 0 Å². The number of pyridine rings is 2. The maximum Gasteiger partial charge on any atom is 0.342 e. The van der Waals surface area contributed by atoms with Crippen molar-refractivity contribution in [2.45, 2.75) is 124 Å². The van der Waals surface area contributed by atoms with Gasteiger partial charge in [-0.15, -0.1) is 0 Å². The highest BCUT2D eigenvalue weighted by atomic mass is 35.5. The van der Waals surface area contributed by atoms with Crippen LogP contribution in [0.25, 0.3) is 0 Å². The number of aromatic nitrogens is 2. The quantitative estimate of drug-likeness (QED) is 0.107. The van der Waals surface area contributed by atoms with E-state index in [1.54, 1.807) is 26.2 Å². The Labute approximate surface area is 499 Å². The van der Waals surface area contributed by atoms with Gasteiger partial charge in [0.15, 0.2) is 23.1 Å². The number of rotatable bonds is 2. The minimum Gasteiger partial charge on any atom is -0.489 e. The van der Waals surface area contributed by atoms with Crippen molar-refractivity contribution in [1.29, 1.82) is 0 Å². The van der Waals surface area contributed by atoms with Crippen molar-refractivity contribution in [3.63, 3.8) is 0 Å². The Balaban J connectivity index is 0.000000175. The smallest absolute Gasteiger partial charge is 0.342 e. The molecule has 4 bridgehead atoms. The van der Waals surface area contributed by atoms with Gasteiger partial charge in [0.05, 0.1) is 49.7 Å². The Kier molecular flexibility index (Phi) is 16.9. The van der Waals surface area contributed by atoms with E-state index in [4.69, 9.17) is 42.6 Å². The molecule has 12 rings (SSSR count). The number of aliphatic hydroxyl groups is 4. The highest BCUT2D eigenvalue weighted by Gasteiger charge is 2.50. The summed E-state index contributed by atoms with van der Waals surface area (Å²) in [5, 5.41) is 66.7. The van der Waals surface area contributed by atoms with Crippen LogP contribution in [0.5, 0.6) is 11.5 Å². The average molecular weight is 1190 g/mol. The molecule has 2 saturated carbocycles. The average Bonchev–Trinajstić information content (AvgIpc) is 2.95. The lowest BCUT2D eigenvalue weighted by Gasteiger charge is -2.45. The van der Waals surface area contributed by atoms with Gasteiger partial charge in [-0.3, -0.25) is 9.59 Å². The molecule has 2 fully saturated rings. The molecule has 20 heteroatoms. The van der Waals surface area contributed by atoms with Crippen LogP contribution in [-0.4, -0.2) is 153 Å². The molecule has 0 unspecified atom stereocenters. The minimum atomic E-state index is -2.51. The first kappa shape index (κ1) is 59.5. The predicted molar refractivity (Wildman–Crippen MR) is 316 cm³/mol. The number of halogens is 2. The Bertz CT molecular complexity index is 3040. The molecule has 2 aromatic heterocycles. The number of hydrogen-bond acceptors (Lipinski definition) is 14. The van der Waals surface area contributed by atoms with Gasteiger partial charge in [0.25, 0.3) is 0 Å². The number of aliphatic hydroxyl groups excluding tert-OH is 2. The van der Waals surface area contributed by atoms with E-state index in [-0.39, 0.29) is 45.9 Å². The first-order valence-electron chi connectivity index (χ1n) is 29.6. The lowest BCUT2D eigenvalue weighted by atomic mass is 9.68. The second-order valence-corrected chi connectivity index (χ2v) is 25.9. The van der Waals surface area contributed by atoms with Gasteiger partial charge in [0.2, 0.25) is 23.0 Å². The molecule has 4 aliphatic carbocycles. The monoisotopic (exact) mass is 1190 g/mol. The van der Waals surface area contributed by atoms with E-state index in [1.165, 1.54) is 44.2 Å². The molecule has 0 saturated heterocycles. The van der Waals surface area contributed by atoms with Gasteiger partial charge in [-0.1, -0.05) is 59.6 Å². The Morgan fingerprint density at radius 2 is 1.02 bits per heavy atom. The highest BCUT2D eigenvalue weighted by molar-refractivity contribution is 6.31. The molecule has 10 atom stereocenters. The third-order valence-corrected chi connectivity index (χ3v) is 20.1. The molecular weight excluding hydrogens is 1120 g/mol. The first-order valence-corrected chi connectivity index (χ1v) is 30.4. The van der Waals surface area contributed by atoms with E-state index >= 15 is 0 Å². The number of carbonyl (C=O) groups excluding carboxylic acids is 2. The second kappa shape index (κ2) is 23.9. The second-order valence-electron chi connectivity index (χ2n) is 25.0. The normalized spacial score (nSPS) is 32.2. The molecular formula is C64H76Cl2N6O12. The molecule has 6 N–H and O–H groups in total. The number of carboxylic acids is 2. The van der Waals surface area contributed by atoms with Crippen molar-refractivity contribution in [2.24, 2.45) is 23.7 Å². The van der Waals surface area contributed by atoms with Crippen LogP contribution >= 0.6 is 23.2 Å². The fourth-order valence-electron chi connectivity index (χ4n) is 14.3. The zero-order chi connectivity index (χ0) is 59.3. The molecule has 0 radical (unpaired) electrons. The van der Waals surface area contributed by atoms with Gasteiger partial charge in [-0.2, -0.15) is 0 Å². The third-order valence-electron chi connectivity index (χ3n) is 19.6. The molecule has 84 heavy (non-hydrogen) atoms. The van der Waals surface area contributed by atoms with Gasteiger partial charge in [-0.05, 0) is 172 Å². The fourth-order valence-corrected chi connectivity index (χ4v) is 14.7. The number of aliphatic carboxylic acids is 2. The summed E-state index contributed by atoms with van der Waals surface area (Å²) >= 11 is 12.7. The molecule has 2 spiro atoms. The summed E-state index contributed by atoms with van der Waals surface area (Å²) in [5.74, 6) is -1.63. The van der Waals surface area contributed by atoms with E-state index in [1.807, 2.05) is 48.6 Å². The summed E-state index contributed by atoms with van der Waals surface area (Å²) in [6.07, 6.45) is 15.2. The van der Waals surface area contributed by atoms with Gasteiger partial charge in [0, 0.05) is 74.2 Å². The van der Waals surface area contributed by atoms with Crippen molar-refractivity contribution < 1.29 is 59.3 Å². The summed E-state index contributed by atoms with van der Waals surface area (Å²) in [5.41, 5.74) is -1.12. The molecule has 4 aliphatic heterocycles. The van der Waals surface area contributed by atoms with Crippen LogP contribution in [0.1, 0.15) is 111 Å². The molecule has 8 aliphatic rings. The van der Waals surface area contributed by atoms with Gasteiger partial charge < -0.3 is 59.7 Å². The van der Waals surface area contributed by atoms with Crippen LogP contribution in [0.3, 0.4) is 0 Å². The van der Waals surface area contributed by atoms with Gasteiger partial charge >= 0.3 is 11.9 Å². The van der Waals surface area contributed by atoms with Crippen molar-refractivity contribution in [3.05, 3.63) is 129 Å². The van der Waals surface area contributed by atoms with Crippen molar-refractivity contribution >= 4 is 58.6 Å². The van der Waals surface area contributed by atoms with E-state index in [0.29, 0.717) is 98.5 Å². The molecule has 2 amide bonds. The Morgan fingerprint density at radius 1 is 0.607 bits per heavy atom. The van der Waals surface area contributed by atoms with Crippen LogP contribution in [0, 0.1) is 23.7 Å². The number of amides is 2. The number of hydrogen-bond donors (Lipinski definition) is 6. The summed E-state index contributed by atoms with van der Waals surface area (Å²) < 4.78 is 12.9.